The molecule has 4 heteroatoms. The van der Waals surface area contributed by atoms with E-state index in [0.717, 1.165) is 17.3 Å². The van der Waals surface area contributed by atoms with Crippen LogP contribution in [0.5, 0.6) is 0 Å². The molecule has 2 nitrogen and oxygen atoms in total. The number of nitrogens with zero attached hydrogens (tertiary/aromatic N) is 1. The van der Waals surface area contributed by atoms with Crippen molar-refractivity contribution in [2.45, 2.75) is 45.1 Å². The summed E-state index contributed by atoms with van der Waals surface area (Å²) in [6.45, 7) is 6.63. The number of hydrogen-bond donors (Lipinski definition) is 1. The maximum absolute atomic E-state index is 4.80. The normalized spacial score (nSPS) is 13.4. The second-order valence-corrected chi connectivity index (χ2v) is 8.26. The van der Waals surface area contributed by atoms with E-state index in [0.29, 0.717) is 6.04 Å². The fourth-order valence-corrected chi connectivity index (χ4v) is 3.73. The molecule has 1 unspecified atom stereocenters. The number of halogens is 1. The second kappa shape index (κ2) is 7.03. The van der Waals surface area contributed by atoms with Gasteiger partial charge in [0.15, 0.2) is 0 Å². The lowest BCUT2D eigenvalue weighted by atomic mass is 9.93. The Bertz CT molecular complexity index is 586. The van der Waals surface area contributed by atoms with E-state index in [4.69, 9.17) is 4.98 Å². The Labute approximate surface area is 140 Å². The third kappa shape index (κ3) is 4.90. The monoisotopic (exact) mass is 366 g/mol. The van der Waals surface area contributed by atoms with Gasteiger partial charge in [0.05, 0.1) is 10.7 Å². The summed E-state index contributed by atoms with van der Waals surface area (Å²) in [5.41, 5.74) is 2.67. The standard InChI is InChI=1S/C17H23BrN2S/c1-17(2,3)15-11-21-16(20-15)10-14(19-4)9-12-6-5-7-13(18)8-12/h5-8,11,14,19H,9-10H2,1-4H3. The number of thiazole rings is 1. The van der Waals surface area contributed by atoms with Crippen molar-refractivity contribution in [3.05, 3.63) is 50.4 Å². The van der Waals surface area contributed by atoms with Gasteiger partial charge in [-0.15, -0.1) is 11.3 Å². The van der Waals surface area contributed by atoms with Gasteiger partial charge in [-0.05, 0) is 31.2 Å². The quantitative estimate of drug-likeness (QED) is 0.837. The van der Waals surface area contributed by atoms with Crippen molar-refractivity contribution < 1.29 is 0 Å². The molecule has 0 fully saturated rings. The number of nitrogens with one attached hydrogen (secondary N) is 1. The van der Waals surface area contributed by atoms with Gasteiger partial charge in [0.25, 0.3) is 0 Å². The molecule has 0 aliphatic heterocycles. The lowest BCUT2D eigenvalue weighted by Gasteiger charge is -2.16. The maximum Gasteiger partial charge on any atom is 0.0944 e. The molecule has 1 heterocycles. The summed E-state index contributed by atoms with van der Waals surface area (Å²) in [4.78, 5) is 4.80. The predicted molar refractivity (Wildman–Crippen MR) is 95.2 cm³/mol. The first-order chi connectivity index (χ1) is 9.88. The molecule has 0 saturated heterocycles. The van der Waals surface area contributed by atoms with E-state index in [1.165, 1.54) is 16.3 Å². The van der Waals surface area contributed by atoms with Crippen LogP contribution in [-0.2, 0) is 18.3 Å². The van der Waals surface area contributed by atoms with Crippen LogP contribution in [0.4, 0.5) is 0 Å². The highest BCUT2D eigenvalue weighted by atomic mass is 79.9. The van der Waals surface area contributed by atoms with Gasteiger partial charge in [-0.25, -0.2) is 4.98 Å². The molecular formula is C17H23BrN2S. The highest BCUT2D eigenvalue weighted by Gasteiger charge is 2.18. The molecule has 0 radical (unpaired) electrons. The van der Waals surface area contributed by atoms with Crippen LogP contribution in [0.2, 0.25) is 0 Å². The molecule has 1 atom stereocenters. The highest BCUT2D eigenvalue weighted by Crippen LogP contribution is 2.25. The Morgan fingerprint density at radius 3 is 2.62 bits per heavy atom. The summed E-state index contributed by atoms with van der Waals surface area (Å²) in [6, 6.07) is 8.93. The van der Waals surface area contributed by atoms with Gasteiger partial charge in [0, 0.05) is 27.7 Å². The SMILES string of the molecule is CNC(Cc1cccc(Br)c1)Cc1nc(C(C)(C)C)cs1. The van der Waals surface area contributed by atoms with Crippen molar-refractivity contribution >= 4 is 27.3 Å². The van der Waals surface area contributed by atoms with Gasteiger partial charge in [-0.2, -0.15) is 0 Å². The number of aromatic nitrogens is 1. The number of rotatable bonds is 5. The molecule has 1 aromatic heterocycles. The summed E-state index contributed by atoms with van der Waals surface area (Å²) >= 11 is 5.31. The molecule has 0 spiro atoms. The zero-order chi connectivity index (χ0) is 15.5. The zero-order valence-corrected chi connectivity index (χ0v) is 15.5. The molecule has 114 valence electrons. The van der Waals surface area contributed by atoms with Crippen molar-refractivity contribution in [1.29, 1.82) is 0 Å². The van der Waals surface area contributed by atoms with Gasteiger partial charge >= 0.3 is 0 Å². The zero-order valence-electron chi connectivity index (χ0n) is 13.1. The third-order valence-electron chi connectivity index (χ3n) is 3.52. The minimum atomic E-state index is 0.133. The Balaban J connectivity index is 2.04. The molecule has 21 heavy (non-hydrogen) atoms. The van der Waals surface area contributed by atoms with Crippen molar-refractivity contribution in [2.24, 2.45) is 0 Å². The summed E-state index contributed by atoms with van der Waals surface area (Å²) in [6.07, 6.45) is 1.99. The van der Waals surface area contributed by atoms with Gasteiger partial charge in [-0.1, -0.05) is 48.8 Å². The van der Waals surface area contributed by atoms with Crippen molar-refractivity contribution in [1.82, 2.24) is 10.3 Å². The number of hydrogen-bond acceptors (Lipinski definition) is 3. The fraction of sp³-hybridized carbons (Fsp3) is 0.471. The third-order valence-corrected chi connectivity index (χ3v) is 4.88. The lowest BCUT2D eigenvalue weighted by molar-refractivity contribution is 0.544. The topological polar surface area (TPSA) is 24.9 Å². The van der Waals surface area contributed by atoms with Crippen molar-refractivity contribution in [3.63, 3.8) is 0 Å². The fourth-order valence-electron chi connectivity index (χ4n) is 2.18. The Kier molecular flexibility index (Phi) is 5.58. The van der Waals surface area contributed by atoms with Crippen LogP contribution in [-0.4, -0.2) is 18.1 Å². The Morgan fingerprint density at radius 2 is 2.05 bits per heavy atom. The van der Waals surface area contributed by atoms with E-state index < -0.39 is 0 Å². The smallest absolute Gasteiger partial charge is 0.0944 e. The molecule has 2 aromatic rings. The van der Waals surface area contributed by atoms with Gasteiger partial charge < -0.3 is 5.32 Å². The van der Waals surface area contributed by atoms with E-state index >= 15 is 0 Å². The second-order valence-electron chi connectivity index (χ2n) is 6.40. The predicted octanol–water partition coefficient (Wildman–Crippen LogP) is 4.58. The highest BCUT2D eigenvalue weighted by molar-refractivity contribution is 9.10. The van der Waals surface area contributed by atoms with Crippen molar-refractivity contribution in [3.8, 4) is 0 Å². The molecule has 2 rings (SSSR count). The number of benzene rings is 1. The van der Waals surface area contributed by atoms with E-state index in [9.17, 15) is 0 Å². The van der Waals surface area contributed by atoms with E-state index in [-0.39, 0.29) is 5.41 Å². The van der Waals surface area contributed by atoms with Crippen LogP contribution in [0.25, 0.3) is 0 Å². The molecule has 0 amide bonds. The van der Waals surface area contributed by atoms with Gasteiger partial charge in [0.2, 0.25) is 0 Å². The largest absolute Gasteiger partial charge is 0.316 e. The molecule has 0 saturated carbocycles. The van der Waals surface area contributed by atoms with Crippen LogP contribution in [0.1, 0.15) is 37.0 Å². The first-order valence-corrected chi connectivity index (χ1v) is 8.92. The molecule has 0 aliphatic carbocycles. The van der Waals surface area contributed by atoms with Crippen molar-refractivity contribution in [2.75, 3.05) is 7.05 Å². The Morgan fingerprint density at radius 1 is 1.29 bits per heavy atom. The van der Waals surface area contributed by atoms with Gasteiger partial charge in [0.1, 0.15) is 0 Å². The number of likely N-dealkylation sites (N-methyl/N-ethyl adjacent to an activating group) is 1. The van der Waals surface area contributed by atoms with E-state index in [1.807, 2.05) is 7.05 Å². The average molecular weight is 367 g/mol. The molecular weight excluding hydrogens is 344 g/mol. The minimum absolute atomic E-state index is 0.133. The molecule has 0 aliphatic rings. The molecule has 1 N–H and O–H groups in total. The average Bonchev–Trinajstić information content (AvgIpc) is 2.86. The van der Waals surface area contributed by atoms with E-state index in [1.54, 1.807) is 11.3 Å². The summed E-state index contributed by atoms with van der Waals surface area (Å²) in [5.74, 6) is 0. The van der Waals surface area contributed by atoms with Gasteiger partial charge in [-0.3, -0.25) is 0 Å². The van der Waals surface area contributed by atoms with Crippen LogP contribution < -0.4 is 5.32 Å². The molecule has 1 aromatic carbocycles. The summed E-state index contributed by atoms with van der Waals surface area (Å²) < 4.78 is 1.14. The summed E-state index contributed by atoms with van der Waals surface area (Å²) in [5, 5.41) is 6.83. The lowest BCUT2D eigenvalue weighted by Crippen LogP contribution is -2.30. The maximum atomic E-state index is 4.80. The van der Waals surface area contributed by atoms with Crippen LogP contribution in [0.15, 0.2) is 34.1 Å². The molecule has 0 bridgehead atoms. The first-order valence-electron chi connectivity index (χ1n) is 7.25. The minimum Gasteiger partial charge on any atom is -0.316 e. The Hall–Kier alpha value is -0.710. The first kappa shape index (κ1) is 16.7. The van der Waals surface area contributed by atoms with Crippen LogP contribution in [0.3, 0.4) is 0 Å². The van der Waals surface area contributed by atoms with Crippen LogP contribution >= 0.6 is 27.3 Å². The van der Waals surface area contributed by atoms with E-state index in [2.05, 4.69) is 71.7 Å². The van der Waals surface area contributed by atoms with Crippen LogP contribution in [0, 0.1) is 0 Å². The summed E-state index contributed by atoms with van der Waals surface area (Å²) in [7, 11) is 2.03.